The topological polar surface area (TPSA) is 70.7 Å². The Morgan fingerprint density at radius 3 is 2.63 bits per heavy atom. The number of thioether (sulfide) groups is 2. The summed E-state index contributed by atoms with van der Waals surface area (Å²) in [5.74, 6) is 0.524. The van der Waals surface area contributed by atoms with Gasteiger partial charge in [-0.3, -0.25) is 9.69 Å². The Hall–Kier alpha value is -3.62. The number of anilines is 3. The van der Waals surface area contributed by atoms with Gasteiger partial charge in [0, 0.05) is 15.5 Å². The summed E-state index contributed by atoms with van der Waals surface area (Å²) in [6.07, 6.45) is 8.89. The molecule has 3 atom stereocenters. The summed E-state index contributed by atoms with van der Waals surface area (Å²) in [6.45, 7) is 1.99. The maximum atomic E-state index is 13.6. The highest BCUT2D eigenvalue weighted by Gasteiger charge is 2.36. The molecule has 194 valence electrons. The lowest BCUT2D eigenvalue weighted by molar-refractivity contribution is -0.115. The molecule has 1 heterocycles. The molecule has 0 saturated heterocycles. The van der Waals surface area contributed by atoms with Crippen LogP contribution < -0.4 is 20.3 Å². The predicted molar refractivity (Wildman–Crippen MR) is 158 cm³/mol. The number of methoxy groups -OCH3 is 1. The van der Waals surface area contributed by atoms with Crippen LogP contribution in [-0.2, 0) is 4.79 Å². The van der Waals surface area contributed by atoms with Crippen molar-refractivity contribution < 1.29 is 14.3 Å². The van der Waals surface area contributed by atoms with Crippen LogP contribution in [0.3, 0.4) is 0 Å². The van der Waals surface area contributed by atoms with Gasteiger partial charge in [0.15, 0.2) is 0 Å². The molecule has 0 spiro atoms. The summed E-state index contributed by atoms with van der Waals surface area (Å²) in [4.78, 5) is 30.5. The summed E-state index contributed by atoms with van der Waals surface area (Å²) in [7, 11) is 1.58. The quantitative estimate of drug-likeness (QED) is 0.308. The number of ether oxygens (including phenoxy) is 1. The Kier molecular flexibility index (Phi) is 8.10. The number of carbonyl (C=O) groups is 2. The Bertz CT molecular complexity index is 1390. The summed E-state index contributed by atoms with van der Waals surface area (Å²) < 4.78 is 5.36. The van der Waals surface area contributed by atoms with Crippen LogP contribution in [0.4, 0.5) is 21.9 Å². The Morgan fingerprint density at radius 2 is 1.79 bits per heavy atom. The SMILES string of the molecule is CCC(Sc1cccc(NC(=O)N2c3ccccc3SC3C=CC=CC32)c1)C(=O)Nc1ccccc1OC. The van der Waals surface area contributed by atoms with Gasteiger partial charge < -0.3 is 15.4 Å². The third-order valence-electron chi connectivity index (χ3n) is 6.35. The number of nitrogens with zero attached hydrogens (tertiary/aromatic N) is 1. The molecule has 0 radical (unpaired) electrons. The van der Waals surface area contributed by atoms with E-state index in [-0.39, 0.29) is 28.5 Å². The van der Waals surface area contributed by atoms with Gasteiger partial charge in [0.1, 0.15) is 5.75 Å². The predicted octanol–water partition coefficient (Wildman–Crippen LogP) is 7.21. The van der Waals surface area contributed by atoms with Crippen molar-refractivity contribution >= 4 is 52.5 Å². The second-order valence-corrected chi connectivity index (χ2v) is 11.3. The van der Waals surface area contributed by atoms with Crippen molar-refractivity contribution in [2.24, 2.45) is 0 Å². The van der Waals surface area contributed by atoms with Crippen molar-refractivity contribution in [3.63, 3.8) is 0 Å². The van der Waals surface area contributed by atoms with E-state index in [4.69, 9.17) is 4.74 Å². The van der Waals surface area contributed by atoms with Crippen LogP contribution in [0.2, 0.25) is 0 Å². The average Bonchev–Trinajstić information content (AvgIpc) is 2.95. The lowest BCUT2D eigenvalue weighted by Gasteiger charge is -2.40. The van der Waals surface area contributed by atoms with Crippen LogP contribution in [0.5, 0.6) is 5.75 Å². The second kappa shape index (κ2) is 11.8. The van der Waals surface area contributed by atoms with E-state index in [1.165, 1.54) is 11.8 Å². The van der Waals surface area contributed by atoms with Gasteiger partial charge in [-0.1, -0.05) is 61.6 Å². The Morgan fingerprint density at radius 1 is 1.00 bits per heavy atom. The zero-order valence-corrected chi connectivity index (χ0v) is 22.8. The van der Waals surface area contributed by atoms with Gasteiger partial charge >= 0.3 is 6.03 Å². The molecule has 38 heavy (non-hydrogen) atoms. The van der Waals surface area contributed by atoms with Crippen molar-refractivity contribution in [1.29, 1.82) is 0 Å². The van der Waals surface area contributed by atoms with Crippen LogP contribution in [0.15, 0.2) is 107 Å². The van der Waals surface area contributed by atoms with E-state index in [0.717, 1.165) is 15.5 Å². The molecule has 0 fully saturated rings. The fraction of sp³-hybridized carbons (Fsp3) is 0.200. The molecule has 0 bridgehead atoms. The number of para-hydroxylation sites is 3. The highest BCUT2D eigenvalue weighted by atomic mass is 32.2. The molecular weight excluding hydrogens is 514 g/mol. The number of amides is 3. The van der Waals surface area contributed by atoms with E-state index >= 15 is 0 Å². The van der Waals surface area contributed by atoms with Crippen molar-refractivity contribution in [2.75, 3.05) is 22.6 Å². The monoisotopic (exact) mass is 543 g/mol. The van der Waals surface area contributed by atoms with E-state index in [0.29, 0.717) is 23.5 Å². The summed E-state index contributed by atoms with van der Waals surface area (Å²) in [5, 5.41) is 5.93. The first-order chi connectivity index (χ1) is 18.6. The molecule has 3 unspecified atom stereocenters. The summed E-state index contributed by atoms with van der Waals surface area (Å²) in [5.41, 5.74) is 2.23. The van der Waals surface area contributed by atoms with Crippen molar-refractivity contribution in [1.82, 2.24) is 0 Å². The van der Waals surface area contributed by atoms with Gasteiger partial charge in [0.2, 0.25) is 5.91 Å². The molecule has 3 aromatic rings. The molecule has 0 aromatic heterocycles. The van der Waals surface area contributed by atoms with Crippen LogP contribution in [0.1, 0.15) is 13.3 Å². The molecule has 0 saturated carbocycles. The minimum absolute atomic E-state index is 0.0689. The van der Waals surface area contributed by atoms with Gasteiger partial charge in [0.25, 0.3) is 0 Å². The first-order valence-electron chi connectivity index (χ1n) is 12.5. The minimum atomic E-state index is -0.309. The highest BCUT2D eigenvalue weighted by molar-refractivity contribution is 8.00. The number of benzene rings is 3. The van der Waals surface area contributed by atoms with Crippen molar-refractivity contribution in [2.45, 2.75) is 39.7 Å². The van der Waals surface area contributed by atoms with E-state index in [2.05, 4.69) is 28.9 Å². The molecule has 1 aliphatic carbocycles. The van der Waals surface area contributed by atoms with Crippen LogP contribution in [0, 0.1) is 0 Å². The van der Waals surface area contributed by atoms with Gasteiger partial charge in [-0.05, 0) is 48.9 Å². The van der Waals surface area contributed by atoms with E-state index in [9.17, 15) is 9.59 Å². The molecular formula is C30H29N3O3S2. The lowest BCUT2D eigenvalue weighted by atomic mass is 10.1. The van der Waals surface area contributed by atoms with Gasteiger partial charge in [-0.25, -0.2) is 4.79 Å². The van der Waals surface area contributed by atoms with Crippen molar-refractivity contribution in [3.8, 4) is 5.75 Å². The maximum absolute atomic E-state index is 13.6. The number of rotatable bonds is 7. The van der Waals surface area contributed by atoms with Gasteiger partial charge in [-0.2, -0.15) is 0 Å². The standard InChI is InChI=1S/C30H29N3O3S2/c1-3-26(29(34)32-22-13-4-7-16-25(22)36-2)37-21-12-10-11-20(19-21)31-30(35)33-23-14-5-8-17-27(23)38-28-18-9-6-15-24(28)33/h4-19,23,26-27H,3H2,1-2H3,(H,31,35)(H,32,34). The lowest BCUT2D eigenvalue weighted by Crippen LogP contribution is -2.49. The number of nitrogens with one attached hydrogen (secondary N) is 2. The second-order valence-electron chi connectivity index (χ2n) is 8.84. The average molecular weight is 544 g/mol. The molecule has 6 nitrogen and oxygen atoms in total. The van der Waals surface area contributed by atoms with Gasteiger partial charge in [-0.15, -0.1) is 23.5 Å². The minimum Gasteiger partial charge on any atom is -0.495 e. The van der Waals surface area contributed by atoms with E-state index < -0.39 is 0 Å². The number of hydrogen-bond donors (Lipinski definition) is 2. The van der Waals surface area contributed by atoms with Crippen LogP contribution >= 0.6 is 23.5 Å². The zero-order valence-electron chi connectivity index (χ0n) is 21.2. The largest absolute Gasteiger partial charge is 0.495 e. The third kappa shape index (κ3) is 5.61. The first kappa shape index (κ1) is 26.0. The Labute approximate surface area is 231 Å². The highest BCUT2D eigenvalue weighted by Crippen LogP contribution is 2.43. The van der Waals surface area contributed by atoms with E-state index in [1.54, 1.807) is 18.9 Å². The summed E-state index contributed by atoms with van der Waals surface area (Å²) >= 11 is 3.25. The third-order valence-corrected chi connectivity index (χ3v) is 9.02. The molecule has 3 amide bonds. The molecule has 2 N–H and O–H groups in total. The van der Waals surface area contributed by atoms with Gasteiger partial charge in [0.05, 0.1) is 35.0 Å². The molecule has 3 aromatic carbocycles. The maximum Gasteiger partial charge on any atom is 0.326 e. The zero-order chi connectivity index (χ0) is 26.5. The number of hydrogen-bond acceptors (Lipinski definition) is 5. The normalized spacial score (nSPS) is 18.2. The number of urea groups is 1. The smallest absolute Gasteiger partial charge is 0.326 e. The van der Waals surface area contributed by atoms with Crippen molar-refractivity contribution in [3.05, 3.63) is 97.1 Å². The first-order valence-corrected chi connectivity index (χ1v) is 14.2. The number of carbonyl (C=O) groups excluding carboxylic acids is 2. The molecule has 1 aliphatic heterocycles. The molecule has 2 aliphatic rings. The van der Waals surface area contributed by atoms with Crippen LogP contribution in [-0.4, -0.2) is 35.6 Å². The van der Waals surface area contributed by atoms with E-state index in [1.807, 2.05) is 90.7 Å². The fourth-order valence-electron chi connectivity index (χ4n) is 4.50. The van der Waals surface area contributed by atoms with Crippen LogP contribution in [0.25, 0.3) is 0 Å². The molecule has 8 heteroatoms. The summed E-state index contributed by atoms with van der Waals surface area (Å²) in [6, 6.07) is 22.8. The number of allylic oxidation sites excluding steroid dienone is 2. The Balaban J connectivity index is 1.30. The number of fused-ring (bicyclic) bond motifs is 2. The molecule has 5 rings (SSSR count). The fourth-order valence-corrected chi connectivity index (χ4v) is 6.78.